The Morgan fingerprint density at radius 2 is 1.68 bits per heavy atom. The Balaban J connectivity index is 0.00000312. The third kappa shape index (κ3) is 8.57. The molecule has 5 nitrogen and oxygen atoms in total. The van der Waals surface area contributed by atoms with Gasteiger partial charge in [0.05, 0.1) is 6.54 Å². The van der Waals surface area contributed by atoms with Gasteiger partial charge in [0.2, 0.25) is 0 Å². The van der Waals surface area contributed by atoms with Gasteiger partial charge in [-0.1, -0.05) is 30.7 Å². The summed E-state index contributed by atoms with van der Waals surface area (Å²) in [4.78, 5) is 9.66. The lowest BCUT2D eigenvalue weighted by Gasteiger charge is -2.34. The quantitative estimate of drug-likeness (QED) is 0.358. The van der Waals surface area contributed by atoms with E-state index >= 15 is 0 Å². The van der Waals surface area contributed by atoms with Crippen LogP contribution in [0.3, 0.4) is 0 Å². The van der Waals surface area contributed by atoms with Crippen LogP contribution in [0.15, 0.2) is 29.3 Å². The second kappa shape index (κ2) is 12.7. The molecule has 1 fully saturated rings. The zero-order chi connectivity index (χ0) is 17.2. The number of guanidine groups is 1. The van der Waals surface area contributed by atoms with E-state index in [-0.39, 0.29) is 24.0 Å². The molecule has 0 unspecified atom stereocenters. The van der Waals surface area contributed by atoms with E-state index in [0.29, 0.717) is 6.54 Å². The second-order valence-corrected chi connectivity index (χ2v) is 6.46. The van der Waals surface area contributed by atoms with E-state index in [4.69, 9.17) is 11.6 Å². The Kier molecular flexibility index (Phi) is 11.4. The van der Waals surface area contributed by atoms with Crippen molar-refractivity contribution in [3.63, 3.8) is 0 Å². The van der Waals surface area contributed by atoms with Gasteiger partial charge in [-0.2, -0.15) is 0 Å². The van der Waals surface area contributed by atoms with Crippen LogP contribution in [0.1, 0.15) is 19.4 Å². The highest BCUT2D eigenvalue weighted by molar-refractivity contribution is 14.0. The normalized spacial score (nSPS) is 16.4. The highest BCUT2D eigenvalue weighted by Gasteiger charge is 2.14. The van der Waals surface area contributed by atoms with Crippen molar-refractivity contribution in [1.29, 1.82) is 0 Å². The van der Waals surface area contributed by atoms with Crippen LogP contribution >= 0.6 is 35.6 Å². The lowest BCUT2D eigenvalue weighted by atomic mass is 10.2. The number of halogens is 2. The molecule has 25 heavy (non-hydrogen) atoms. The number of likely N-dealkylation sites (N-methyl/N-ethyl adjacent to an activating group) is 1. The van der Waals surface area contributed by atoms with Crippen LogP contribution in [0.4, 0.5) is 0 Å². The highest BCUT2D eigenvalue weighted by atomic mass is 127. The van der Waals surface area contributed by atoms with Crippen molar-refractivity contribution in [2.24, 2.45) is 4.99 Å². The van der Waals surface area contributed by atoms with E-state index < -0.39 is 0 Å². The zero-order valence-corrected chi connectivity index (χ0v) is 18.4. The Bertz CT molecular complexity index is 501. The van der Waals surface area contributed by atoms with Crippen LogP contribution in [0, 0.1) is 0 Å². The number of aliphatic imine (C=N–C) groups is 1. The lowest BCUT2D eigenvalue weighted by Crippen LogP contribution is -2.49. The average molecular weight is 480 g/mol. The van der Waals surface area contributed by atoms with Gasteiger partial charge in [-0.05, 0) is 31.2 Å². The molecule has 1 saturated heterocycles. The van der Waals surface area contributed by atoms with Crippen LogP contribution in [-0.2, 0) is 6.54 Å². The minimum Gasteiger partial charge on any atom is -0.357 e. The van der Waals surface area contributed by atoms with Crippen LogP contribution in [0.25, 0.3) is 0 Å². The molecule has 1 aliphatic rings. The van der Waals surface area contributed by atoms with Crippen molar-refractivity contribution < 1.29 is 0 Å². The van der Waals surface area contributed by atoms with Crippen molar-refractivity contribution in [1.82, 2.24) is 20.4 Å². The molecule has 0 aromatic heterocycles. The molecule has 7 heteroatoms. The van der Waals surface area contributed by atoms with Gasteiger partial charge < -0.3 is 15.5 Å². The van der Waals surface area contributed by atoms with Gasteiger partial charge in [-0.15, -0.1) is 24.0 Å². The van der Waals surface area contributed by atoms with Gasteiger partial charge in [0, 0.05) is 50.8 Å². The second-order valence-electron chi connectivity index (χ2n) is 6.02. The predicted molar refractivity (Wildman–Crippen MR) is 118 cm³/mol. The fraction of sp³-hybridized carbons (Fsp3) is 0.611. The van der Waals surface area contributed by atoms with Crippen molar-refractivity contribution in [3.8, 4) is 0 Å². The lowest BCUT2D eigenvalue weighted by molar-refractivity contribution is 0.139. The van der Waals surface area contributed by atoms with Crippen molar-refractivity contribution in [2.75, 3.05) is 52.4 Å². The summed E-state index contributed by atoms with van der Waals surface area (Å²) in [7, 11) is 0. The summed E-state index contributed by atoms with van der Waals surface area (Å²) in [5.41, 5.74) is 1.16. The smallest absolute Gasteiger partial charge is 0.191 e. The number of rotatable bonds is 7. The molecular formula is C18H31ClIN5. The van der Waals surface area contributed by atoms with Gasteiger partial charge in [0.15, 0.2) is 5.96 Å². The minimum atomic E-state index is 0. The summed E-state index contributed by atoms with van der Waals surface area (Å²) in [6.07, 6.45) is 0. The Labute approximate surface area is 174 Å². The maximum absolute atomic E-state index is 5.92. The molecule has 1 aliphatic heterocycles. The third-order valence-electron chi connectivity index (χ3n) is 4.31. The number of piperazine rings is 1. The molecule has 1 heterocycles. The van der Waals surface area contributed by atoms with Crippen LogP contribution in [-0.4, -0.2) is 68.1 Å². The molecule has 0 aliphatic carbocycles. The van der Waals surface area contributed by atoms with E-state index in [2.05, 4.69) is 39.3 Å². The van der Waals surface area contributed by atoms with Gasteiger partial charge in [-0.25, -0.2) is 4.99 Å². The van der Waals surface area contributed by atoms with E-state index in [0.717, 1.165) is 55.8 Å². The summed E-state index contributed by atoms with van der Waals surface area (Å²) in [6.45, 7) is 13.7. The summed E-state index contributed by atoms with van der Waals surface area (Å²) in [6, 6.07) is 7.84. The first-order valence-electron chi connectivity index (χ1n) is 8.92. The maximum Gasteiger partial charge on any atom is 0.191 e. The Morgan fingerprint density at radius 3 is 2.28 bits per heavy atom. The van der Waals surface area contributed by atoms with E-state index in [1.165, 1.54) is 13.1 Å². The number of nitrogens with one attached hydrogen (secondary N) is 2. The molecular weight excluding hydrogens is 449 g/mol. The van der Waals surface area contributed by atoms with Crippen LogP contribution in [0.2, 0.25) is 5.02 Å². The van der Waals surface area contributed by atoms with Gasteiger partial charge in [0.25, 0.3) is 0 Å². The standard InChI is InChI=1S/C18H30ClN5.HI/c1-3-20-18(22-15-16-5-7-17(19)8-6-16)21-9-10-24-13-11-23(4-2)12-14-24;/h5-8H,3-4,9-15H2,1-2H3,(H2,20,21,22);1H. The zero-order valence-electron chi connectivity index (χ0n) is 15.3. The van der Waals surface area contributed by atoms with Gasteiger partial charge >= 0.3 is 0 Å². The molecule has 0 saturated carbocycles. The fourth-order valence-electron chi connectivity index (χ4n) is 2.76. The molecule has 0 spiro atoms. The first-order valence-corrected chi connectivity index (χ1v) is 9.30. The van der Waals surface area contributed by atoms with E-state index in [1.54, 1.807) is 0 Å². The largest absolute Gasteiger partial charge is 0.357 e. The maximum atomic E-state index is 5.92. The summed E-state index contributed by atoms with van der Waals surface area (Å²) in [5, 5.41) is 7.50. The van der Waals surface area contributed by atoms with Crippen molar-refractivity contribution in [3.05, 3.63) is 34.9 Å². The predicted octanol–water partition coefficient (Wildman–Crippen LogP) is 2.65. The van der Waals surface area contributed by atoms with Crippen molar-refractivity contribution in [2.45, 2.75) is 20.4 Å². The first kappa shape index (κ1) is 22.5. The molecule has 2 N–H and O–H groups in total. The van der Waals surface area contributed by atoms with Gasteiger partial charge in [-0.3, -0.25) is 4.90 Å². The van der Waals surface area contributed by atoms with Gasteiger partial charge in [0.1, 0.15) is 0 Å². The van der Waals surface area contributed by atoms with E-state index in [1.807, 2.05) is 24.3 Å². The summed E-state index contributed by atoms with van der Waals surface area (Å²) in [5.74, 6) is 0.875. The van der Waals surface area contributed by atoms with Crippen molar-refractivity contribution >= 4 is 41.5 Å². The highest BCUT2D eigenvalue weighted by Crippen LogP contribution is 2.10. The SMILES string of the molecule is CCNC(=NCc1ccc(Cl)cc1)NCCN1CCN(CC)CC1.I. The first-order chi connectivity index (χ1) is 11.7. The number of nitrogens with zero attached hydrogens (tertiary/aromatic N) is 3. The monoisotopic (exact) mass is 479 g/mol. The van der Waals surface area contributed by atoms with Crippen LogP contribution in [0.5, 0.6) is 0 Å². The number of hydrogen-bond donors (Lipinski definition) is 2. The third-order valence-corrected chi connectivity index (χ3v) is 4.56. The van der Waals surface area contributed by atoms with Crippen LogP contribution < -0.4 is 10.6 Å². The summed E-state index contributed by atoms with van der Waals surface area (Å²) >= 11 is 5.92. The minimum absolute atomic E-state index is 0. The molecule has 1 aromatic rings. The summed E-state index contributed by atoms with van der Waals surface area (Å²) < 4.78 is 0. The molecule has 0 atom stereocenters. The topological polar surface area (TPSA) is 42.9 Å². The molecule has 0 radical (unpaired) electrons. The number of benzene rings is 1. The average Bonchev–Trinajstić information content (AvgIpc) is 2.61. The molecule has 1 aromatic carbocycles. The Hall–Kier alpha value is -0.570. The molecule has 142 valence electrons. The molecule has 0 amide bonds. The Morgan fingerprint density at radius 1 is 1.04 bits per heavy atom. The molecule has 2 rings (SSSR count). The number of hydrogen-bond acceptors (Lipinski definition) is 3. The molecule has 0 bridgehead atoms. The van der Waals surface area contributed by atoms with E-state index in [9.17, 15) is 0 Å². The fourth-order valence-corrected chi connectivity index (χ4v) is 2.89.